The van der Waals surface area contributed by atoms with Crippen molar-refractivity contribution in [3.63, 3.8) is 0 Å². The molecule has 0 aliphatic carbocycles. The summed E-state index contributed by atoms with van der Waals surface area (Å²) in [5, 5.41) is 21.8. The number of fused-ring (bicyclic) bond motifs is 1. The van der Waals surface area contributed by atoms with Gasteiger partial charge in [-0.2, -0.15) is 10.5 Å². The van der Waals surface area contributed by atoms with Crippen molar-refractivity contribution in [3.05, 3.63) is 98.0 Å². The van der Waals surface area contributed by atoms with Crippen molar-refractivity contribution in [1.82, 2.24) is 9.47 Å². The molecular formula is C27H21N5O2S. The summed E-state index contributed by atoms with van der Waals surface area (Å²) in [5.41, 5.74) is 2.56. The molecule has 0 atom stereocenters. The zero-order chi connectivity index (χ0) is 24.4. The van der Waals surface area contributed by atoms with Gasteiger partial charge in [0.2, 0.25) is 0 Å². The molecule has 0 spiro atoms. The first-order chi connectivity index (χ1) is 17.1. The second kappa shape index (κ2) is 9.46. The number of aromatic nitrogens is 1. The van der Waals surface area contributed by atoms with Gasteiger partial charge >= 0.3 is 0 Å². The quantitative estimate of drug-likeness (QED) is 0.444. The molecule has 0 bridgehead atoms. The van der Waals surface area contributed by atoms with Crippen molar-refractivity contribution in [2.24, 2.45) is 0 Å². The fourth-order valence-electron chi connectivity index (χ4n) is 4.53. The van der Waals surface area contributed by atoms with Crippen molar-refractivity contribution < 1.29 is 4.79 Å². The van der Waals surface area contributed by atoms with E-state index in [-0.39, 0.29) is 17.0 Å². The second-order valence-electron chi connectivity index (χ2n) is 8.31. The summed E-state index contributed by atoms with van der Waals surface area (Å²) in [6.07, 6.45) is 0. The Balaban J connectivity index is 1.51. The van der Waals surface area contributed by atoms with Gasteiger partial charge in [-0.25, -0.2) is 0 Å². The van der Waals surface area contributed by atoms with Crippen molar-refractivity contribution in [2.45, 2.75) is 6.54 Å². The Hall–Kier alpha value is -4.40. The van der Waals surface area contributed by atoms with Crippen LogP contribution in [0.4, 0.5) is 5.69 Å². The largest absolute Gasteiger partial charge is 0.366 e. The number of nitriles is 2. The number of thiophene rings is 1. The fraction of sp³-hybridized carbons (Fsp3) is 0.185. The summed E-state index contributed by atoms with van der Waals surface area (Å²) in [4.78, 5) is 30.9. The predicted molar refractivity (Wildman–Crippen MR) is 136 cm³/mol. The molecule has 0 radical (unpaired) electrons. The second-order valence-corrected chi connectivity index (χ2v) is 9.26. The van der Waals surface area contributed by atoms with Crippen LogP contribution in [0.15, 0.2) is 70.8 Å². The van der Waals surface area contributed by atoms with Crippen LogP contribution in [0.2, 0.25) is 0 Å². The third kappa shape index (κ3) is 4.16. The number of rotatable bonds is 4. The Morgan fingerprint density at radius 3 is 2.31 bits per heavy atom. The number of para-hydroxylation sites is 1. The van der Waals surface area contributed by atoms with Gasteiger partial charge in [-0.15, -0.1) is 11.3 Å². The predicted octanol–water partition coefficient (Wildman–Crippen LogP) is 3.82. The molecule has 0 unspecified atom stereocenters. The lowest BCUT2D eigenvalue weighted by Gasteiger charge is -2.37. The highest BCUT2D eigenvalue weighted by Crippen LogP contribution is 2.30. The molecule has 8 heteroatoms. The molecule has 35 heavy (non-hydrogen) atoms. The highest BCUT2D eigenvalue weighted by molar-refractivity contribution is 7.12. The van der Waals surface area contributed by atoms with Crippen LogP contribution < -0.4 is 10.5 Å². The smallest absolute Gasteiger partial charge is 0.271 e. The van der Waals surface area contributed by atoms with Gasteiger partial charge in [-0.05, 0) is 35.2 Å². The number of anilines is 1. The van der Waals surface area contributed by atoms with Crippen molar-refractivity contribution in [3.8, 4) is 12.1 Å². The SMILES string of the molecule is N#Cc1ccc(Cn2c(=O)c(C#N)c(N3CCN(C(=O)c4cccs4)CC3)c3ccccc32)cc1. The number of piperazine rings is 1. The van der Waals surface area contributed by atoms with Crippen LogP contribution in [0.5, 0.6) is 0 Å². The maximum Gasteiger partial charge on any atom is 0.271 e. The minimum atomic E-state index is -0.345. The molecule has 0 N–H and O–H groups in total. The van der Waals surface area contributed by atoms with E-state index in [1.54, 1.807) is 16.7 Å². The monoisotopic (exact) mass is 479 g/mol. The molecule has 0 saturated carbocycles. The first-order valence-electron chi connectivity index (χ1n) is 11.2. The summed E-state index contributed by atoms with van der Waals surface area (Å²) in [6.45, 7) is 2.40. The third-order valence-corrected chi connectivity index (χ3v) is 7.15. The average Bonchev–Trinajstić information content (AvgIpc) is 3.45. The Bertz CT molecular complexity index is 1530. The number of hydrogen-bond donors (Lipinski definition) is 0. The molecule has 5 rings (SSSR count). The Labute approximate surface area is 206 Å². The van der Waals surface area contributed by atoms with Crippen LogP contribution in [-0.4, -0.2) is 41.6 Å². The van der Waals surface area contributed by atoms with Gasteiger partial charge in [0.25, 0.3) is 11.5 Å². The number of carbonyl (C=O) groups excluding carboxylic acids is 1. The lowest BCUT2D eigenvalue weighted by atomic mass is 10.1. The lowest BCUT2D eigenvalue weighted by molar-refractivity contribution is 0.0751. The van der Waals surface area contributed by atoms with E-state index in [0.29, 0.717) is 48.9 Å². The Kier molecular flexibility index (Phi) is 6.05. The van der Waals surface area contributed by atoms with E-state index in [9.17, 15) is 14.9 Å². The van der Waals surface area contributed by atoms with Gasteiger partial charge in [-0.1, -0.05) is 36.4 Å². The molecule has 1 aliphatic heterocycles. The van der Waals surface area contributed by atoms with Crippen LogP contribution in [-0.2, 0) is 6.54 Å². The lowest BCUT2D eigenvalue weighted by Crippen LogP contribution is -2.49. The molecule has 2 aromatic carbocycles. The molecule has 3 heterocycles. The minimum absolute atomic E-state index is 0.0165. The van der Waals surface area contributed by atoms with Crippen LogP contribution in [0.25, 0.3) is 10.9 Å². The third-order valence-electron chi connectivity index (χ3n) is 6.30. The molecular weight excluding hydrogens is 458 g/mol. The van der Waals surface area contributed by atoms with Crippen molar-refractivity contribution in [2.75, 3.05) is 31.1 Å². The van der Waals surface area contributed by atoms with Crippen LogP contribution >= 0.6 is 11.3 Å². The highest BCUT2D eigenvalue weighted by Gasteiger charge is 2.27. The number of nitrogens with zero attached hydrogens (tertiary/aromatic N) is 5. The molecule has 2 aromatic heterocycles. The van der Waals surface area contributed by atoms with Gasteiger partial charge in [0, 0.05) is 31.6 Å². The van der Waals surface area contributed by atoms with Crippen molar-refractivity contribution >= 4 is 33.8 Å². The summed E-state index contributed by atoms with van der Waals surface area (Å²) in [5.74, 6) is 0.0165. The molecule has 1 aliphatic rings. The maximum atomic E-state index is 13.5. The number of amides is 1. The van der Waals surface area contributed by atoms with Crippen LogP contribution in [0.1, 0.15) is 26.4 Å². The number of hydrogen-bond acceptors (Lipinski definition) is 6. The maximum absolute atomic E-state index is 13.5. The number of benzene rings is 2. The van der Waals surface area contributed by atoms with E-state index in [4.69, 9.17) is 5.26 Å². The van der Waals surface area contributed by atoms with E-state index in [1.165, 1.54) is 11.3 Å². The first kappa shape index (κ1) is 22.4. The number of carbonyl (C=O) groups is 1. The Morgan fingerprint density at radius 2 is 1.66 bits per heavy atom. The molecule has 1 fully saturated rings. The summed E-state index contributed by atoms with van der Waals surface area (Å²) < 4.78 is 1.62. The average molecular weight is 480 g/mol. The Morgan fingerprint density at radius 1 is 0.914 bits per heavy atom. The van der Waals surface area contributed by atoms with Gasteiger partial charge in [0.1, 0.15) is 11.6 Å². The highest BCUT2D eigenvalue weighted by atomic mass is 32.1. The van der Waals surface area contributed by atoms with Gasteiger partial charge in [0.05, 0.1) is 34.3 Å². The van der Waals surface area contributed by atoms with E-state index < -0.39 is 0 Å². The topological polar surface area (TPSA) is 93.1 Å². The molecule has 7 nitrogen and oxygen atoms in total. The van der Waals surface area contributed by atoms with Crippen LogP contribution in [0.3, 0.4) is 0 Å². The molecule has 4 aromatic rings. The summed E-state index contributed by atoms with van der Waals surface area (Å²) in [6, 6.07) is 22.6. The van der Waals surface area contributed by atoms with Gasteiger partial charge < -0.3 is 14.4 Å². The normalized spacial score (nSPS) is 13.4. The van der Waals surface area contributed by atoms with Crippen molar-refractivity contribution in [1.29, 1.82) is 10.5 Å². The van der Waals surface area contributed by atoms with Crippen LogP contribution in [0, 0.1) is 22.7 Å². The zero-order valence-electron chi connectivity index (χ0n) is 18.8. The first-order valence-corrected chi connectivity index (χ1v) is 12.1. The molecule has 1 saturated heterocycles. The van der Waals surface area contributed by atoms with Gasteiger partial charge in [-0.3, -0.25) is 9.59 Å². The van der Waals surface area contributed by atoms with E-state index >= 15 is 0 Å². The minimum Gasteiger partial charge on any atom is -0.366 e. The van der Waals surface area contributed by atoms with E-state index in [0.717, 1.165) is 16.5 Å². The van der Waals surface area contributed by atoms with Gasteiger partial charge in [0.15, 0.2) is 0 Å². The number of pyridine rings is 1. The van der Waals surface area contributed by atoms with E-state index in [1.807, 2.05) is 63.7 Å². The molecule has 172 valence electrons. The summed E-state index contributed by atoms with van der Waals surface area (Å²) >= 11 is 1.43. The van der Waals surface area contributed by atoms with E-state index in [2.05, 4.69) is 12.1 Å². The standard InChI is InChI=1S/C27H21N5O2S/c28-16-19-7-9-20(10-8-19)18-32-23-5-2-1-4-21(23)25(22(17-29)26(32)33)30-11-13-31(14-12-30)27(34)24-6-3-15-35-24/h1-10,15H,11-14,18H2. The zero-order valence-corrected chi connectivity index (χ0v) is 19.7. The fourth-order valence-corrected chi connectivity index (χ4v) is 5.22. The molecule has 1 amide bonds. The summed E-state index contributed by atoms with van der Waals surface area (Å²) in [7, 11) is 0.